The average molecular weight is 449 g/mol. The van der Waals surface area contributed by atoms with Crippen LogP contribution in [0.4, 0.5) is 5.69 Å². The molecule has 1 saturated heterocycles. The Labute approximate surface area is 181 Å². The van der Waals surface area contributed by atoms with E-state index in [2.05, 4.69) is 20.3 Å². The van der Waals surface area contributed by atoms with Crippen molar-refractivity contribution >= 4 is 52.5 Å². The second kappa shape index (κ2) is 10.4. The van der Waals surface area contributed by atoms with Gasteiger partial charge in [0.25, 0.3) is 11.6 Å². The highest BCUT2D eigenvalue weighted by molar-refractivity contribution is 8.18. The minimum Gasteiger partial charge on any atom is -0.466 e. The standard InChI is InChI=1S/C19H20N4O5S2/c1-28-17(24)10-16-18(25)21-19(30-16)22-20-11-12-9-13(23(26)27)7-8-15(12)29-14-5-3-2-4-6-14/h7-11,14H,2-6H2,1H3,(H,21,22,25)/b16-10+,20-11?. The number of methoxy groups -OCH3 is 1. The first-order valence-corrected chi connectivity index (χ1v) is 11.0. The van der Waals surface area contributed by atoms with E-state index in [9.17, 15) is 19.7 Å². The van der Waals surface area contributed by atoms with Crippen LogP contribution in [0.1, 0.15) is 37.7 Å². The second-order valence-electron chi connectivity index (χ2n) is 6.59. The molecule has 2 fully saturated rings. The van der Waals surface area contributed by atoms with E-state index in [0.29, 0.717) is 10.8 Å². The zero-order valence-electron chi connectivity index (χ0n) is 16.2. The Kier molecular flexibility index (Phi) is 7.63. The Bertz CT molecular complexity index is 939. The number of nitrogens with zero attached hydrogens (tertiary/aromatic N) is 3. The number of ether oxygens (including phenoxy) is 1. The molecule has 1 saturated carbocycles. The highest BCUT2D eigenvalue weighted by Crippen LogP contribution is 2.36. The molecule has 1 aromatic carbocycles. The fourth-order valence-corrected chi connectivity index (χ4v) is 5.07. The van der Waals surface area contributed by atoms with Crippen LogP contribution in [0.2, 0.25) is 0 Å². The minimum absolute atomic E-state index is 0.0241. The van der Waals surface area contributed by atoms with E-state index in [0.717, 1.165) is 35.6 Å². The summed E-state index contributed by atoms with van der Waals surface area (Å²) in [5, 5.41) is 22.3. The molecule has 3 rings (SSSR count). The van der Waals surface area contributed by atoms with E-state index in [1.807, 2.05) is 0 Å². The Morgan fingerprint density at radius 2 is 2.13 bits per heavy atom. The van der Waals surface area contributed by atoms with E-state index in [1.54, 1.807) is 17.8 Å². The van der Waals surface area contributed by atoms with Gasteiger partial charge in [-0.3, -0.25) is 20.2 Å². The van der Waals surface area contributed by atoms with E-state index in [4.69, 9.17) is 0 Å². The van der Waals surface area contributed by atoms with Gasteiger partial charge in [-0.25, -0.2) is 4.79 Å². The minimum atomic E-state index is -0.640. The molecule has 1 N–H and O–H groups in total. The first kappa shape index (κ1) is 22.0. The molecule has 158 valence electrons. The Morgan fingerprint density at radius 3 is 2.83 bits per heavy atom. The number of nitro benzene ring substituents is 1. The van der Waals surface area contributed by atoms with Crippen molar-refractivity contribution in [3.63, 3.8) is 0 Å². The van der Waals surface area contributed by atoms with Crippen LogP contribution in [0.5, 0.6) is 0 Å². The van der Waals surface area contributed by atoms with Crippen molar-refractivity contribution in [2.45, 2.75) is 42.2 Å². The monoisotopic (exact) mass is 448 g/mol. The number of esters is 1. The third-order valence-corrected chi connectivity index (χ3v) is 6.83. The zero-order valence-corrected chi connectivity index (χ0v) is 17.8. The van der Waals surface area contributed by atoms with Gasteiger partial charge >= 0.3 is 5.97 Å². The largest absolute Gasteiger partial charge is 0.466 e. The number of non-ortho nitro benzene ring substituents is 1. The number of hydrogen-bond acceptors (Lipinski definition) is 9. The van der Waals surface area contributed by atoms with Crippen molar-refractivity contribution < 1.29 is 19.2 Å². The molecular formula is C19H20N4O5S2. The van der Waals surface area contributed by atoms with E-state index < -0.39 is 16.8 Å². The van der Waals surface area contributed by atoms with E-state index >= 15 is 0 Å². The molecular weight excluding hydrogens is 428 g/mol. The Morgan fingerprint density at radius 1 is 1.37 bits per heavy atom. The number of nitrogens with one attached hydrogen (secondary N) is 1. The molecule has 0 spiro atoms. The summed E-state index contributed by atoms with van der Waals surface area (Å²) in [7, 11) is 1.22. The summed E-state index contributed by atoms with van der Waals surface area (Å²) in [6, 6.07) is 4.71. The number of carbonyl (C=O) groups is 2. The number of hydrogen-bond donors (Lipinski definition) is 1. The lowest BCUT2D eigenvalue weighted by atomic mass is 10.0. The van der Waals surface area contributed by atoms with Crippen molar-refractivity contribution in [2.24, 2.45) is 10.2 Å². The molecule has 30 heavy (non-hydrogen) atoms. The van der Waals surface area contributed by atoms with Gasteiger partial charge in [0.05, 0.1) is 23.2 Å². The molecule has 0 unspecified atom stereocenters. The zero-order chi connectivity index (χ0) is 21.5. The van der Waals surface area contributed by atoms with Crippen LogP contribution < -0.4 is 5.32 Å². The number of nitro groups is 1. The first-order chi connectivity index (χ1) is 14.5. The van der Waals surface area contributed by atoms with Crippen LogP contribution in [-0.2, 0) is 14.3 Å². The summed E-state index contributed by atoms with van der Waals surface area (Å²) in [5.41, 5.74) is 0.577. The number of benzene rings is 1. The molecule has 1 heterocycles. The van der Waals surface area contributed by atoms with Gasteiger partial charge in [-0.05, 0) is 30.7 Å². The number of amidine groups is 1. The third-order valence-electron chi connectivity index (χ3n) is 4.50. The highest BCUT2D eigenvalue weighted by Gasteiger charge is 2.25. The molecule has 0 radical (unpaired) electrons. The number of thioether (sulfide) groups is 2. The summed E-state index contributed by atoms with van der Waals surface area (Å²) in [6.07, 6.45) is 8.40. The SMILES string of the molecule is COC(=O)/C=C1/S/C(=N\N=Cc2cc([N+](=O)[O-])ccc2SC2CCCCC2)NC1=O. The van der Waals surface area contributed by atoms with Crippen molar-refractivity contribution in [3.05, 3.63) is 44.9 Å². The molecule has 9 nitrogen and oxygen atoms in total. The van der Waals surface area contributed by atoms with E-state index in [-0.39, 0.29) is 15.8 Å². The lowest BCUT2D eigenvalue weighted by Crippen LogP contribution is -2.19. The maximum absolute atomic E-state index is 11.8. The van der Waals surface area contributed by atoms with Gasteiger partial charge < -0.3 is 4.74 Å². The van der Waals surface area contributed by atoms with Crippen LogP contribution >= 0.6 is 23.5 Å². The Hall–Kier alpha value is -2.66. The highest BCUT2D eigenvalue weighted by atomic mass is 32.2. The third kappa shape index (κ3) is 5.92. The van der Waals surface area contributed by atoms with Gasteiger partial charge in [-0.15, -0.1) is 16.9 Å². The maximum atomic E-state index is 11.8. The summed E-state index contributed by atoms with van der Waals surface area (Å²) in [6.45, 7) is 0. The smallest absolute Gasteiger partial charge is 0.331 e. The first-order valence-electron chi connectivity index (χ1n) is 9.31. The van der Waals surface area contributed by atoms with Gasteiger partial charge in [-0.2, -0.15) is 5.10 Å². The topological polar surface area (TPSA) is 123 Å². The predicted molar refractivity (Wildman–Crippen MR) is 117 cm³/mol. The van der Waals surface area contributed by atoms with Crippen LogP contribution in [0.15, 0.2) is 44.3 Å². The van der Waals surface area contributed by atoms with Crippen molar-refractivity contribution in [3.8, 4) is 0 Å². The number of rotatable bonds is 6. The Balaban J connectivity index is 1.77. The lowest BCUT2D eigenvalue weighted by Gasteiger charge is -2.21. The second-order valence-corrected chi connectivity index (χ2v) is 8.97. The molecule has 0 aromatic heterocycles. The van der Waals surface area contributed by atoms with Gasteiger partial charge in [0.1, 0.15) is 0 Å². The predicted octanol–water partition coefficient (Wildman–Crippen LogP) is 3.63. The molecule has 1 aliphatic carbocycles. The lowest BCUT2D eigenvalue weighted by molar-refractivity contribution is -0.384. The average Bonchev–Trinajstić information content (AvgIpc) is 3.08. The summed E-state index contributed by atoms with van der Waals surface area (Å²) >= 11 is 2.67. The van der Waals surface area contributed by atoms with Crippen LogP contribution in [0, 0.1) is 10.1 Å². The molecule has 0 atom stereocenters. The van der Waals surface area contributed by atoms with Gasteiger partial charge in [-0.1, -0.05) is 19.3 Å². The maximum Gasteiger partial charge on any atom is 0.331 e. The molecule has 2 aliphatic rings. The van der Waals surface area contributed by atoms with Crippen LogP contribution in [0.3, 0.4) is 0 Å². The normalized spacial score (nSPS) is 20.1. The summed E-state index contributed by atoms with van der Waals surface area (Å²) < 4.78 is 4.51. The van der Waals surface area contributed by atoms with Crippen molar-refractivity contribution in [1.29, 1.82) is 0 Å². The fourth-order valence-electron chi connectivity index (χ4n) is 3.00. The molecule has 1 aromatic rings. The molecule has 0 bridgehead atoms. The number of amides is 1. The summed E-state index contributed by atoms with van der Waals surface area (Å²) in [4.78, 5) is 34.9. The van der Waals surface area contributed by atoms with Crippen LogP contribution in [-0.4, -0.2) is 40.5 Å². The summed E-state index contributed by atoms with van der Waals surface area (Å²) in [5.74, 6) is -1.11. The molecule has 1 aliphatic heterocycles. The fraction of sp³-hybridized carbons (Fsp3) is 0.368. The van der Waals surface area contributed by atoms with Gasteiger partial charge in [0, 0.05) is 33.9 Å². The van der Waals surface area contributed by atoms with Crippen molar-refractivity contribution in [2.75, 3.05) is 7.11 Å². The van der Waals surface area contributed by atoms with Crippen LogP contribution in [0.25, 0.3) is 0 Å². The molecule has 11 heteroatoms. The number of carbonyl (C=O) groups excluding carboxylic acids is 2. The van der Waals surface area contributed by atoms with Crippen molar-refractivity contribution in [1.82, 2.24) is 5.32 Å². The molecule has 1 amide bonds. The van der Waals surface area contributed by atoms with E-state index in [1.165, 1.54) is 44.7 Å². The van der Waals surface area contributed by atoms with Gasteiger partial charge in [0.2, 0.25) is 0 Å². The van der Waals surface area contributed by atoms with Gasteiger partial charge in [0.15, 0.2) is 5.17 Å². The quantitative estimate of drug-likeness (QED) is 0.232.